The number of aliphatic hydroxyl groups is 6. The van der Waals surface area contributed by atoms with Crippen LogP contribution in [0, 0.1) is 16.7 Å². The number of likely N-dealkylation sites (tertiary alicyclic amines) is 2. The Morgan fingerprint density at radius 1 is 0.709 bits per heavy atom. The number of ether oxygens (including phenoxy) is 1. The monoisotopic (exact) mass is 1120 g/mol. The second kappa shape index (κ2) is 25.4. The molecule has 79 heavy (non-hydrogen) atoms. The summed E-state index contributed by atoms with van der Waals surface area (Å²) in [5.74, 6) is -10.5. The lowest BCUT2D eigenvalue weighted by molar-refractivity contribution is -0.160. The molecule has 2 saturated heterocycles. The first kappa shape index (κ1) is 61.8. The number of aliphatic hydroxyl groups excluding tert-OH is 5. The summed E-state index contributed by atoms with van der Waals surface area (Å²) >= 11 is 0. The van der Waals surface area contributed by atoms with E-state index in [1.165, 1.54) is 13.8 Å². The highest BCUT2D eigenvalue weighted by molar-refractivity contribution is 6.09. The third-order valence-corrected chi connectivity index (χ3v) is 16.5. The van der Waals surface area contributed by atoms with Crippen LogP contribution in [0.1, 0.15) is 112 Å². The number of amides is 9. The van der Waals surface area contributed by atoms with E-state index >= 15 is 0 Å². The molecule has 2 aliphatic heterocycles. The van der Waals surface area contributed by atoms with Crippen LogP contribution < -0.4 is 37.6 Å². The molecule has 0 radical (unpaired) electrons. The molecule has 4 fully saturated rings. The molecule has 6 rings (SSSR count). The van der Waals surface area contributed by atoms with E-state index in [0.29, 0.717) is 50.5 Å². The molecule has 27 heteroatoms. The van der Waals surface area contributed by atoms with Crippen LogP contribution >= 0.6 is 0 Å². The Bertz CT molecular complexity index is 2490. The lowest BCUT2D eigenvalue weighted by Gasteiger charge is -2.40. The summed E-state index contributed by atoms with van der Waals surface area (Å²) in [5, 5.41) is 76.5. The molecule has 2 saturated carbocycles. The number of rotatable bonds is 23. The number of primary amides is 1. The van der Waals surface area contributed by atoms with E-state index in [2.05, 4.69) is 31.9 Å². The number of Topliss-reactive ketones (excluding diaryl/α,β-unsaturated/α-hetero) is 1. The smallest absolute Gasteiger partial charge is 0.329 e. The molecule has 1 spiro atoms. The Morgan fingerprint density at radius 3 is 1.78 bits per heavy atom. The molecular formula is C52H77N9O18. The first-order valence-electron chi connectivity index (χ1n) is 26.9. The quantitative estimate of drug-likeness (QED) is 0.0426. The third kappa shape index (κ3) is 13.3. The van der Waals surface area contributed by atoms with Crippen molar-refractivity contribution in [2.45, 2.75) is 178 Å². The maximum Gasteiger partial charge on any atom is 0.329 e. The minimum absolute atomic E-state index is 0.0218. The Hall–Kier alpha value is -6.39. The van der Waals surface area contributed by atoms with Gasteiger partial charge in [0.1, 0.15) is 60.0 Å². The summed E-state index contributed by atoms with van der Waals surface area (Å²) in [7, 11) is 0. The number of ketones is 1. The van der Waals surface area contributed by atoms with Crippen LogP contribution in [0.5, 0.6) is 0 Å². The first-order valence-corrected chi connectivity index (χ1v) is 26.9. The molecule has 6 aliphatic rings. The molecule has 11 atom stereocenters. The first-order chi connectivity index (χ1) is 37.2. The number of nitrogens with two attached hydrogens (primary N) is 1. The fraction of sp³-hybridized carbons (Fsp3) is 0.712. The zero-order valence-corrected chi connectivity index (χ0v) is 45.2. The summed E-state index contributed by atoms with van der Waals surface area (Å²) in [6.07, 6.45) is 3.13. The van der Waals surface area contributed by atoms with Crippen LogP contribution in [0.4, 0.5) is 0 Å². The lowest BCUT2D eigenvalue weighted by atomic mass is 9.67. The molecule has 27 nitrogen and oxygen atoms in total. The standard InChI is InChI=1S/C52H77N9O18/c1-25-38-29(40(69)51(5,78)52(25)15-16-52)19-50(3,4)41(38)79-49(77)35-12-9-17-60(35)48(76)34(24-65)58-44(72)31(21-62)55-42(70)30(13-14-37(53)68)54-47(75)39(27-10-7-6-8-11-27)59-45(73)33(23-64)56-43(71)32(22-63)57-46(74)36-18-28(67)20-61(36)26(2)66/h19,27-28,30-36,39,41,62-65,67,78H,6-18,20-24H2,1-5H3,(H2,53,68)(H,54,75)(H,55,70)(H,56,71)(H,57,74)(H,58,72)(H,59,73)/t28-,30+,31+,32+,33+,34+,35+,36+,39+,41-,51+/m1/s1. The second-order valence-electron chi connectivity index (χ2n) is 22.4. The van der Waals surface area contributed by atoms with Crippen molar-refractivity contribution in [2.75, 3.05) is 39.5 Å². The van der Waals surface area contributed by atoms with Gasteiger partial charge in [0.15, 0.2) is 5.78 Å². The average molecular weight is 1120 g/mol. The van der Waals surface area contributed by atoms with Gasteiger partial charge in [-0.1, -0.05) is 44.8 Å². The van der Waals surface area contributed by atoms with Gasteiger partial charge in [0.05, 0.1) is 32.5 Å². The number of nitrogens with zero attached hydrogens (tertiary/aromatic N) is 2. The van der Waals surface area contributed by atoms with Crippen LogP contribution in [0.25, 0.3) is 0 Å². The van der Waals surface area contributed by atoms with Gasteiger partial charge >= 0.3 is 5.97 Å². The molecule has 9 amide bonds. The number of esters is 1. The van der Waals surface area contributed by atoms with Crippen LogP contribution in [0.15, 0.2) is 22.8 Å². The number of hydrogen-bond acceptors (Lipinski definition) is 18. The zero-order chi connectivity index (χ0) is 58.5. The molecule has 438 valence electrons. The highest BCUT2D eigenvalue weighted by Gasteiger charge is 2.67. The molecule has 2 heterocycles. The average Bonchev–Trinajstić information content (AvgIpc) is 3.76. The van der Waals surface area contributed by atoms with Crippen molar-refractivity contribution in [3.05, 3.63) is 22.8 Å². The van der Waals surface area contributed by atoms with Gasteiger partial charge < -0.3 is 82.8 Å². The van der Waals surface area contributed by atoms with Gasteiger partial charge in [-0.2, -0.15) is 0 Å². The highest BCUT2D eigenvalue weighted by atomic mass is 16.5. The van der Waals surface area contributed by atoms with Crippen molar-refractivity contribution < 1.29 is 88.1 Å². The molecule has 0 aromatic heterocycles. The van der Waals surface area contributed by atoms with Gasteiger partial charge in [0.25, 0.3) is 0 Å². The van der Waals surface area contributed by atoms with Crippen molar-refractivity contribution in [2.24, 2.45) is 22.5 Å². The number of fused-ring (bicyclic) bond motifs is 1. The normalized spacial score (nSPS) is 26.3. The van der Waals surface area contributed by atoms with Gasteiger partial charge in [0, 0.05) is 54.8 Å². The largest absolute Gasteiger partial charge is 0.455 e. The summed E-state index contributed by atoms with van der Waals surface area (Å²) in [4.78, 5) is 150. The lowest BCUT2D eigenvalue weighted by Crippen LogP contribution is -2.62. The molecule has 0 aromatic rings. The van der Waals surface area contributed by atoms with E-state index in [9.17, 15) is 83.4 Å². The Labute approximate surface area is 456 Å². The van der Waals surface area contributed by atoms with E-state index in [1.807, 2.05) is 6.92 Å². The number of nitrogens with one attached hydrogen (secondary N) is 6. The van der Waals surface area contributed by atoms with Crippen molar-refractivity contribution in [3.63, 3.8) is 0 Å². The van der Waals surface area contributed by atoms with Gasteiger partial charge in [-0.3, -0.25) is 47.9 Å². The fourth-order valence-electron chi connectivity index (χ4n) is 11.8. The highest BCUT2D eigenvalue weighted by Crippen LogP contribution is 2.65. The van der Waals surface area contributed by atoms with Gasteiger partial charge in [-0.05, 0) is 64.7 Å². The van der Waals surface area contributed by atoms with Crippen LogP contribution in [-0.4, -0.2) is 211 Å². The van der Waals surface area contributed by atoms with Crippen molar-refractivity contribution in [3.8, 4) is 0 Å². The van der Waals surface area contributed by atoms with Gasteiger partial charge in [0.2, 0.25) is 53.2 Å². The van der Waals surface area contributed by atoms with E-state index < -0.39 is 187 Å². The molecular weight excluding hydrogens is 1040 g/mol. The van der Waals surface area contributed by atoms with Crippen molar-refractivity contribution in [1.29, 1.82) is 0 Å². The molecule has 4 aliphatic carbocycles. The van der Waals surface area contributed by atoms with Crippen molar-refractivity contribution >= 4 is 64.9 Å². The fourth-order valence-corrected chi connectivity index (χ4v) is 11.8. The molecule has 0 aromatic carbocycles. The van der Waals surface area contributed by atoms with Crippen LogP contribution in [-0.2, 0) is 57.5 Å². The number of carbonyl (C=O) groups excluding carboxylic acids is 11. The maximum atomic E-state index is 14.2. The molecule has 0 bridgehead atoms. The third-order valence-electron chi connectivity index (χ3n) is 16.5. The second-order valence-corrected chi connectivity index (χ2v) is 22.4. The Morgan fingerprint density at radius 2 is 1.24 bits per heavy atom. The number of carbonyl (C=O) groups is 11. The number of hydrogen-bond donors (Lipinski definition) is 13. The van der Waals surface area contributed by atoms with E-state index in [-0.39, 0.29) is 31.5 Å². The summed E-state index contributed by atoms with van der Waals surface area (Å²) in [6.45, 7) is 3.85. The van der Waals surface area contributed by atoms with E-state index in [0.717, 1.165) is 21.8 Å². The summed E-state index contributed by atoms with van der Waals surface area (Å²) < 4.78 is 6.14. The summed E-state index contributed by atoms with van der Waals surface area (Å²) in [6, 6.07) is -12.5. The topological polar surface area (TPSA) is 423 Å². The van der Waals surface area contributed by atoms with E-state index in [1.54, 1.807) is 19.9 Å². The zero-order valence-electron chi connectivity index (χ0n) is 45.2. The van der Waals surface area contributed by atoms with Crippen LogP contribution in [0.2, 0.25) is 0 Å². The molecule has 14 N–H and O–H groups in total. The predicted octanol–water partition coefficient (Wildman–Crippen LogP) is -5.01. The number of β-amino-alcohol motifs (C(OH)–C–C–N with tert-alkyl or cyclic N) is 1. The minimum Gasteiger partial charge on any atom is -0.455 e. The van der Waals surface area contributed by atoms with Gasteiger partial charge in [-0.15, -0.1) is 0 Å². The Kier molecular flexibility index (Phi) is 19.9. The molecule has 0 unspecified atom stereocenters. The Balaban J connectivity index is 1.10. The van der Waals surface area contributed by atoms with Crippen LogP contribution in [0.3, 0.4) is 0 Å². The SMILES string of the molecule is CC(=O)N1C[C@H](O)C[C@H]1C(=O)N[C@@H](CO)C(=O)N[C@@H](CO)C(=O)N[C@H](C(=O)N[C@@H](CCC(N)=O)C(=O)N[C@@H](CO)C(=O)N[C@@H](CO)C(=O)N1CCC[C@H]1C(=O)O[C@@H]1C2=C(C)C3(CC3)[C@@](C)(O)C(=O)C2=CC1(C)C)C1CCCCC1. The van der Waals surface area contributed by atoms with Crippen molar-refractivity contribution in [1.82, 2.24) is 41.7 Å². The minimum atomic E-state index is -1.84. The van der Waals surface area contributed by atoms with E-state index in [4.69, 9.17) is 10.5 Å². The van der Waals surface area contributed by atoms with Gasteiger partial charge in [-0.25, -0.2) is 4.79 Å². The summed E-state index contributed by atoms with van der Waals surface area (Å²) in [5.41, 5.74) is 3.64. The predicted molar refractivity (Wildman–Crippen MR) is 273 cm³/mol. The maximum absolute atomic E-state index is 14.2.